The first-order valence-corrected chi connectivity index (χ1v) is 6.75. The van der Waals surface area contributed by atoms with E-state index in [0.29, 0.717) is 32.1 Å². The van der Waals surface area contributed by atoms with E-state index in [1.807, 2.05) is 0 Å². The number of hydrogen-bond acceptors (Lipinski definition) is 3. The Kier molecular flexibility index (Phi) is 2.87. The van der Waals surface area contributed by atoms with Crippen LogP contribution in [0.5, 0.6) is 0 Å². The van der Waals surface area contributed by atoms with Crippen molar-refractivity contribution in [1.82, 2.24) is 4.90 Å². The van der Waals surface area contributed by atoms with Gasteiger partial charge in [-0.25, -0.2) is 0 Å². The molecule has 1 aliphatic carbocycles. The van der Waals surface area contributed by atoms with Gasteiger partial charge in [-0.15, -0.1) is 0 Å². The van der Waals surface area contributed by atoms with Gasteiger partial charge in [-0.3, -0.25) is 9.69 Å². The molecule has 2 heterocycles. The van der Waals surface area contributed by atoms with Crippen LogP contribution in [0.4, 0.5) is 0 Å². The SMILES string of the molecule is O=C(O)C1(CN2CC3CCC2C3)CCOCC1. The summed E-state index contributed by atoms with van der Waals surface area (Å²) in [6, 6.07) is 0.666. The Morgan fingerprint density at radius 3 is 2.65 bits per heavy atom. The molecule has 0 aromatic carbocycles. The van der Waals surface area contributed by atoms with Gasteiger partial charge in [0.15, 0.2) is 0 Å². The van der Waals surface area contributed by atoms with E-state index in [9.17, 15) is 9.90 Å². The van der Waals surface area contributed by atoms with E-state index in [1.165, 1.54) is 19.3 Å². The number of likely N-dealkylation sites (tertiary alicyclic amines) is 1. The molecule has 0 radical (unpaired) electrons. The third-order valence-corrected chi connectivity index (χ3v) is 4.93. The lowest BCUT2D eigenvalue weighted by molar-refractivity contribution is -0.157. The van der Waals surface area contributed by atoms with Crippen LogP contribution in [0.25, 0.3) is 0 Å². The highest BCUT2D eigenvalue weighted by molar-refractivity contribution is 5.75. The number of fused-ring (bicyclic) bond motifs is 2. The maximum absolute atomic E-state index is 11.6. The summed E-state index contributed by atoms with van der Waals surface area (Å²) in [6.07, 6.45) is 5.28. The van der Waals surface area contributed by atoms with Crippen molar-refractivity contribution in [2.24, 2.45) is 11.3 Å². The second kappa shape index (κ2) is 4.25. The van der Waals surface area contributed by atoms with Gasteiger partial charge in [-0.1, -0.05) is 0 Å². The standard InChI is InChI=1S/C13H21NO3/c15-12(16)13(3-5-17-6-4-13)9-14-8-10-1-2-11(14)7-10/h10-11H,1-9H2,(H,15,16). The number of ether oxygens (including phenoxy) is 1. The molecule has 4 nitrogen and oxygen atoms in total. The zero-order valence-corrected chi connectivity index (χ0v) is 10.2. The molecule has 0 aromatic rings. The van der Waals surface area contributed by atoms with E-state index in [0.717, 1.165) is 19.0 Å². The van der Waals surface area contributed by atoms with Crippen molar-refractivity contribution in [3.8, 4) is 0 Å². The van der Waals surface area contributed by atoms with Gasteiger partial charge in [0.25, 0.3) is 0 Å². The Labute approximate surface area is 102 Å². The summed E-state index contributed by atoms with van der Waals surface area (Å²) in [4.78, 5) is 14.0. The van der Waals surface area contributed by atoms with E-state index >= 15 is 0 Å². The molecule has 2 bridgehead atoms. The molecular weight excluding hydrogens is 218 g/mol. The number of hydrogen-bond donors (Lipinski definition) is 1. The monoisotopic (exact) mass is 239 g/mol. The Morgan fingerprint density at radius 2 is 2.12 bits per heavy atom. The molecule has 3 rings (SSSR count). The minimum Gasteiger partial charge on any atom is -0.481 e. The van der Waals surface area contributed by atoms with Crippen molar-refractivity contribution in [3.05, 3.63) is 0 Å². The van der Waals surface area contributed by atoms with Gasteiger partial charge in [0.05, 0.1) is 5.41 Å². The zero-order chi connectivity index (χ0) is 11.9. The van der Waals surface area contributed by atoms with Crippen molar-refractivity contribution < 1.29 is 14.6 Å². The summed E-state index contributed by atoms with van der Waals surface area (Å²) in [5.74, 6) is 0.217. The molecule has 1 saturated carbocycles. The highest BCUT2D eigenvalue weighted by Gasteiger charge is 2.46. The third-order valence-electron chi connectivity index (χ3n) is 4.93. The zero-order valence-electron chi connectivity index (χ0n) is 10.2. The van der Waals surface area contributed by atoms with Gasteiger partial charge >= 0.3 is 5.97 Å². The molecule has 0 spiro atoms. The third kappa shape index (κ3) is 1.97. The fourth-order valence-corrected chi connectivity index (χ4v) is 3.81. The Balaban J connectivity index is 1.70. The Morgan fingerprint density at radius 1 is 1.35 bits per heavy atom. The number of carboxylic acid groups (broad SMARTS) is 1. The number of piperidine rings is 1. The molecule has 3 aliphatic rings. The quantitative estimate of drug-likeness (QED) is 0.807. The van der Waals surface area contributed by atoms with Crippen LogP contribution in [-0.4, -0.2) is 48.3 Å². The summed E-state index contributed by atoms with van der Waals surface area (Å²) in [5, 5.41) is 9.54. The second-order valence-corrected chi connectivity index (χ2v) is 5.96. The molecule has 0 amide bonds. The normalized spacial score (nSPS) is 36.2. The molecular formula is C13H21NO3. The second-order valence-electron chi connectivity index (χ2n) is 5.96. The van der Waals surface area contributed by atoms with Crippen molar-refractivity contribution in [2.75, 3.05) is 26.3 Å². The summed E-state index contributed by atoms with van der Waals surface area (Å²) in [7, 11) is 0. The first-order valence-electron chi connectivity index (χ1n) is 6.75. The highest BCUT2D eigenvalue weighted by atomic mass is 16.5. The van der Waals surface area contributed by atoms with Crippen LogP contribution in [0, 0.1) is 11.3 Å². The number of carboxylic acids is 1. The van der Waals surface area contributed by atoms with Crippen LogP contribution >= 0.6 is 0 Å². The van der Waals surface area contributed by atoms with Crippen molar-refractivity contribution in [1.29, 1.82) is 0 Å². The van der Waals surface area contributed by atoms with Gasteiger partial charge in [-0.05, 0) is 38.0 Å². The molecule has 4 heteroatoms. The predicted octanol–water partition coefficient (Wildman–Crippen LogP) is 1.35. The molecule has 96 valence electrons. The summed E-state index contributed by atoms with van der Waals surface area (Å²) in [5.41, 5.74) is -0.539. The van der Waals surface area contributed by atoms with Gasteiger partial charge in [0.1, 0.15) is 0 Å². The molecule has 0 aromatic heterocycles. The van der Waals surface area contributed by atoms with Gasteiger partial charge in [-0.2, -0.15) is 0 Å². The number of rotatable bonds is 3. The molecule has 17 heavy (non-hydrogen) atoms. The smallest absolute Gasteiger partial charge is 0.311 e. The van der Waals surface area contributed by atoms with Crippen LogP contribution in [-0.2, 0) is 9.53 Å². The van der Waals surface area contributed by atoms with Crippen LogP contribution in [0.3, 0.4) is 0 Å². The first-order chi connectivity index (χ1) is 8.20. The van der Waals surface area contributed by atoms with Crippen LogP contribution < -0.4 is 0 Å². The van der Waals surface area contributed by atoms with E-state index < -0.39 is 11.4 Å². The average Bonchev–Trinajstić information content (AvgIpc) is 2.92. The van der Waals surface area contributed by atoms with Gasteiger partial charge in [0, 0.05) is 32.3 Å². The lowest BCUT2D eigenvalue weighted by Gasteiger charge is -2.39. The maximum atomic E-state index is 11.6. The Hall–Kier alpha value is -0.610. The van der Waals surface area contributed by atoms with Crippen molar-refractivity contribution >= 4 is 5.97 Å². The number of nitrogens with zero attached hydrogens (tertiary/aromatic N) is 1. The molecule has 2 aliphatic heterocycles. The summed E-state index contributed by atoms with van der Waals surface area (Å²) < 4.78 is 5.32. The fourth-order valence-electron chi connectivity index (χ4n) is 3.81. The predicted molar refractivity (Wildman–Crippen MR) is 62.8 cm³/mol. The number of aliphatic carboxylic acids is 1. The fraction of sp³-hybridized carbons (Fsp3) is 0.923. The van der Waals surface area contributed by atoms with Gasteiger partial charge < -0.3 is 9.84 Å². The van der Waals surface area contributed by atoms with E-state index in [2.05, 4.69) is 4.90 Å². The molecule has 3 fully saturated rings. The highest BCUT2D eigenvalue weighted by Crippen LogP contribution is 2.41. The van der Waals surface area contributed by atoms with Crippen LogP contribution in [0.15, 0.2) is 0 Å². The van der Waals surface area contributed by atoms with Crippen molar-refractivity contribution in [2.45, 2.75) is 38.1 Å². The number of carbonyl (C=O) groups is 1. The maximum Gasteiger partial charge on any atom is 0.311 e. The Bertz CT molecular complexity index is 312. The molecule has 1 N–H and O–H groups in total. The van der Waals surface area contributed by atoms with Crippen LogP contribution in [0.1, 0.15) is 32.1 Å². The van der Waals surface area contributed by atoms with E-state index in [4.69, 9.17) is 4.74 Å². The topological polar surface area (TPSA) is 49.8 Å². The largest absolute Gasteiger partial charge is 0.481 e. The summed E-state index contributed by atoms with van der Waals surface area (Å²) in [6.45, 7) is 3.08. The van der Waals surface area contributed by atoms with Crippen molar-refractivity contribution in [3.63, 3.8) is 0 Å². The molecule has 2 unspecified atom stereocenters. The first kappa shape index (κ1) is 11.5. The van der Waals surface area contributed by atoms with Gasteiger partial charge in [0.2, 0.25) is 0 Å². The molecule has 2 saturated heterocycles. The summed E-state index contributed by atoms with van der Waals surface area (Å²) >= 11 is 0. The van der Waals surface area contributed by atoms with Crippen LogP contribution in [0.2, 0.25) is 0 Å². The minimum absolute atomic E-state index is 0.539. The lowest BCUT2D eigenvalue weighted by atomic mass is 9.79. The lowest BCUT2D eigenvalue weighted by Crippen LogP contribution is -2.48. The van der Waals surface area contributed by atoms with E-state index in [1.54, 1.807) is 0 Å². The van der Waals surface area contributed by atoms with E-state index in [-0.39, 0.29) is 0 Å². The average molecular weight is 239 g/mol. The minimum atomic E-state index is -0.622. The molecule has 2 atom stereocenters.